The third kappa shape index (κ3) is 3.25. The lowest BCUT2D eigenvalue weighted by molar-refractivity contribution is -0.130. The molecule has 0 bridgehead atoms. The quantitative estimate of drug-likeness (QED) is 0.901. The van der Waals surface area contributed by atoms with Crippen LogP contribution in [-0.4, -0.2) is 35.9 Å². The Hall–Kier alpha value is -2.41. The highest BCUT2D eigenvalue weighted by atomic mass is 16.5. The van der Waals surface area contributed by atoms with Crippen molar-refractivity contribution in [3.05, 3.63) is 30.2 Å². The van der Waals surface area contributed by atoms with Crippen molar-refractivity contribution in [3.63, 3.8) is 0 Å². The van der Waals surface area contributed by atoms with Crippen LogP contribution >= 0.6 is 0 Å². The van der Waals surface area contributed by atoms with Crippen molar-refractivity contribution < 1.29 is 18.7 Å². The van der Waals surface area contributed by atoms with Gasteiger partial charge in [0.2, 0.25) is 17.7 Å². The van der Waals surface area contributed by atoms with Crippen LogP contribution in [0.4, 0.5) is 0 Å². The fourth-order valence-corrected chi connectivity index (χ4v) is 2.24. The van der Waals surface area contributed by atoms with Crippen LogP contribution < -0.4 is 10.1 Å². The summed E-state index contributed by atoms with van der Waals surface area (Å²) in [7, 11) is 1.61. The summed E-state index contributed by atoms with van der Waals surface area (Å²) in [5, 5.41) is 10.7. The van der Waals surface area contributed by atoms with Gasteiger partial charge in [-0.3, -0.25) is 4.79 Å². The second kappa shape index (κ2) is 6.57. The molecule has 1 aliphatic heterocycles. The van der Waals surface area contributed by atoms with Crippen LogP contribution in [0.3, 0.4) is 0 Å². The molecule has 1 amide bonds. The first-order chi connectivity index (χ1) is 10.8. The molecule has 116 valence electrons. The smallest absolute Gasteiger partial charge is 0.249 e. The number of nitrogens with zero attached hydrogens (tertiary/aromatic N) is 2. The van der Waals surface area contributed by atoms with Crippen molar-refractivity contribution in [2.75, 3.05) is 13.7 Å². The molecule has 2 heterocycles. The van der Waals surface area contributed by atoms with Gasteiger partial charge in [-0.25, -0.2) is 0 Å². The van der Waals surface area contributed by atoms with Gasteiger partial charge >= 0.3 is 0 Å². The van der Waals surface area contributed by atoms with E-state index in [4.69, 9.17) is 13.9 Å². The highest BCUT2D eigenvalue weighted by molar-refractivity contribution is 5.80. The predicted octanol–water partition coefficient (Wildman–Crippen LogP) is 1.54. The van der Waals surface area contributed by atoms with Gasteiger partial charge in [0, 0.05) is 12.2 Å². The summed E-state index contributed by atoms with van der Waals surface area (Å²) in [6.07, 6.45) is 1.32. The standard InChI is InChI=1S/C15H17N3O4/c1-20-11-6-4-10(5-7-11)15-18-17-13(22-15)9-16-14(19)12-3-2-8-21-12/h4-7,12H,2-3,8-9H2,1H3,(H,16,19). The Morgan fingerprint density at radius 3 is 2.86 bits per heavy atom. The molecule has 7 heteroatoms. The molecule has 7 nitrogen and oxygen atoms in total. The van der Waals surface area contributed by atoms with E-state index in [2.05, 4.69) is 15.5 Å². The van der Waals surface area contributed by atoms with E-state index in [-0.39, 0.29) is 18.6 Å². The second-order valence-electron chi connectivity index (χ2n) is 4.95. The molecule has 1 N–H and O–H groups in total. The molecule has 1 saturated heterocycles. The highest BCUT2D eigenvalue weighted by Gasteiger charge is 2.23. The Morgan fingerprint density at radius 2 is 2.18 bits per heavy atom. The average Bonchev–Trinajstić information content (AvgIpc) is 3.24. The van der Waals surface area contributed by atoms with E-state index in [0.717, 1.165) is 24.2 Å². The third-order valence-corrected chi connectivity index (χ3v) is 3.44. The van der Waals surface area contributed by atoms with E-state index in [1.165, 1.54) is 0 Å². The first kappa shape index (κ1) is 14.5. The molecule has 2 aromatic rings. The van der Waals surface area contributed by atoms with Crippen LogP contribution in [0.25, 0.3) is 11.5 Å². The topological polar surface area (TPSA) is 86.5 Å². The fourth-order valence-electron chi connectivity index (χ4n) is 2.24. The van der Waals surface area contributed by atoms with Gasteiger partial charge in [0.05, 0.1) is 13.7 Å². The number of ether oxygens (including phenoxy) is 2. The zero-order valence-corrected chi connectivity index (χ0v) is 12.2. The van der Waals surface area contributed by atoms with Gasteiger partial charge < -0.3 is 19.2 Å². The van der Waals surface area contributed by atoms with Crippen LogP contribution in [0.15, 0.2) is 28.7 Å². The fraction of sp³-hybridized carbons (Fsp3) is 0.400. The normalized spacial score (nSPS) is 17.4. The predicted molar refractivity (Wildman–Crippen MR) is 77.1 cm³/mol. The van der Waals surface area contributed by atoms with Crippen LogP contribution in [0.5, 0.6) is 5.75 Å². The van der Waals surface area contributed by atoms with Crippen LogP contribution in [0, 0.1) is 0 Å². The first-order valence-corrected chi connectivity index (χ1v) is 7.12. The lowest BCUT2D eigenvalue weighted by Crippen LogP contribution is -2.33. The van der Waals surface area contributed by atoms with Gasteiger partial charge in [0.1, 0.15) is 11.9 Å². The Kier molecular flexibility index (Phi) is 4.34. The molecule has 1 fully saturated rings. The van der Waals surface area contributed by atoms with Crippen LogP contribution in [0.1, 0.15) is 18.7 Å². The van der Waals surface area contributed by atoms with Crippen molar-refractivity contribution in [2.24, 2.45) is 0 Å². The minimum absolute atomic E-state index is 0.137. The number of rotatable bonds is 5. The molecular weight excluding hydrogens is 286 g/mol. The Labute approximate surface area is 127 Å². The minimum atomic E-state index is -0.357. The van der Waals surface area contributed by atoms with E-state index in [0.29, 0.717) is 18.4 Å². The Morgan fingerprint density at radius 1 is 1.36 bits per heavy atom. The van der Waals surface area contributed by atoms with Gasteiger partial charge in [-0.1, -0.05) is 0 Å². The summed E-state index contributed by atoms with van der Waals surface area (Å²) in [4.78, 5) is 11.8. The highest BCUT2D eigenvalue weighted by Crippen LogP contribution is 2.21. The Bertz CT molecular complexity index is 632. The largest absolute Gasteiger partial charge is 0.497 e. The average molecular weight is 303 g/mol. The summed E-state index contributed by atoms with van der Waals surface area (Å²) in [5.41, 5.74) is 0.796. The van der Waals surface area contributed by atoms with E-state index in [1.54, 1.807) is 7.11 Å². The molecular formula is C15H17N3O4. The number of amides is 1. The van der Waals surface area contributed by atoms with Crippen molar-refractivity contribution in [3.8, 4) is 17.2 Å². The SMILES string of the molecule is COc1ccc(-c2nnc(CNC(=O)C3CCCO3)o2)cc1. The van der Waals surface area contributed by atoms with Gasteiger partial charge in [0.25, 0.3) is 0 Å². The van der Waals surface area contributed by atoms with Gasteiger partial charge in [0.15, 0.2) is 0 Å². The van der Waals surface area contributed by atoms with Crippen molar-refractivity contribution in [1.82, 2.24) is 15.5 Å². The minimum Gasteiger partial charge on any atom is -0.497 e. The molecule has 1 atom stereocenters. The third-order valence-electron chi connectivity index (χ3n) is 3.44. The maximum atomic E-state index is 11.8. The molecule has 1 unspecified atom stereocenters. The van der Waals surface area contributed by atoms with Crippen molar-refractivity contribution in [1.29, 1.82) is 0 Å². The Balaban J connectivity index is 1.59. The number of carbonyl (C=O) groups excluding carboxylic acids is 1. The summed E-state index contributed by atoms with van der Waals surface area (Å²) in [5.74, 6) is 1.38. The molecule has 1 aromatic heterocycles. The summed E-state index contributed by atoms with van der Waals surface area (Å²) < 4.78 is 15.9. The van der Waals surface area contributed by atoms with E-state index >= 15 is 0 Å². The van der Waals surface area contributed by atoms with Crippen LogP contribution in [-0.2, 0) is 16.1 Å². The molecule has 3 rings (SSSR count). The van der Waals surface area contributed by atoms with Crippen LogP contribution in [0.2, 0.25) is 0 Å². The maximum absolute atomic E-state index is 11.8. The number of nitrogens with one attached hydrogen (secondary N) is 1. The first-order valence-electron chi connectivity index (χ1n) is 7.12. The molecule has 22 heavy (non-hydrogen) atoms. The van der Waals surface area contributed by atoms with Gasteiger partial charge in [-0.2, -0.15) is 0 Å². The summed E-state index contributed by atoms with van der Waals surface area (Å²) >= 11 is 0. The van der Waals surface area contributed by atoms with Crippen molar-refractivity contribution >= 4 is 5.91 Å². The molecule has 1 aliphatic rings. The van der Waals surface area contributed by atoms with E-state index in [1.807, 2.05) is 24.3 Å². The number of benzene rings is 1. The maximum Gasteiger partial charge on any atom is 0.249 e. The number of aromatic nitrogens is 2. The molecule has 0 radical (unpaired) electrons. The summed E-state index contributed by atoms with van der Waals surface area (Å²) in [6, 6.07) is 7.30. The lowest BCUT2D eigenvalue weighted by Gasteiger charge is -2.08. The number of hydrogen-bond donors (Lipinski definition) is 1. The number of methoxy groups -OCH3 is 1. The molecule has 0 spiro atoms. The van der Waals surface area contributed by atoms with Gasteiger partial charge in [-0.05, 0) is 37.1 Å². The van der Waals surface area contributed by atoms with Gasteiger partial charge in [-0.15, -0.1) is 10.2 Å². The second-order valence-corrected chi connectivity index (χ2v) is 4.95. The monoisotopic (exact) mass is 303 g/mol. The molecule has 0 aliphatic carbocycles. The zero-order chi connectivity index (χ0) is 15.4. The zero-order valence-electron chi connectivity index (χ0n) is 12.2. The molecule has 0 saturated carbocycles. The van der Waals surface area contributed by atoms with E-state index in [9.17, 15) is 4.79 Å². The van der Waals surface area contributed by atoms with E-state index < -0.39 is 0 Å². The molecule has 1 aromatic carbocycles. The lowest BCUT2D eigenvalue weighted by atomic mass is 10.2. The number of carbonyl (C=O) groups is 1. The number of hydrogen-bond acceptors (Lipinski definition) is 6. The van der Waals surface area contributed by atoms with Crippen molar-refractivity contribution in [2.45, 2.75) is 25.5 Å². The summed E-state index contributed by atoms with van der Waals surface area (Å²) in [6.45, 7) is 0.835.